The van der Waals surface area contributed by atoms with Crippen molar-refractivity contribution < 1.29 is 23.8 Å². The maximum atomic E-state index is 12.4. The minimum absolute atomic E-state index is 0.0272. The molecule has 1 heterocycles. The molecule has 1 aromatic rings. The Balaban J connectivity index is 2.20. The standard InChI is InChI=1S/C17H18O5/c1-17(2)21-14-9-10(20-3)8-12(15(14)16(19)22-17)11-6-4-5-7-13(11)18/h6,8-9H,4-5,7H2,1-3H3. The van der Waals surface area contributed by atoms with Crippen LogP contribution >= 0.6 is 0 Å². The molecule has 2 aliphatic rings. The van der Waals surface area contributed by atoms with Crippen molar-refractivity contribution in [1.82, 2.24) is 0 Å². The van der Waals surface area contributed by atoms with Crippen LogP contribution in [0, 0.1) is 0 Å². The van der Waals surface area contributed by atoms with E-state index in [1.54, 1.807) is 26.0 Å². The Morgan fingerprint density at radius 3 is 2.64 bits per heavy atom. The van der Waals surface area contributed by atoms with Gasteiger partial charge >= 0.3 is 5.97 Å². The van der Waals surface area contributed by atoms with Gasteiger partial charge in [-0.25, -0.2) is 4.79 Å². The third-order valence-corrected chi connectivity index (χ3v) is 3.76. The second kappa shape index (κ2) is 5.16. The third-order valence-electron chi connectivity index (χ3n) is 3.76. The minimum Gasteiger partial charge on any atom is -0.497 e. The number of ketones is 1. The van der Waals surface area contributed by atoms with Gasteiger partial charge in [-0.15, -0.1) is 0 Å². The molecule has 0 fully saturated rings. The Morgan fingerprint density at radius 1 is 1.18 bits per heavy atom. The molecule has 5 nitrogen and oxygen atoms in total. The van der Waals surface area contributed by atoms with E-state index in [1.165, 1.54) is 7.11 Å². The van der Waals surface area contributed by atoms with E-state index in [9.17, 15) is 9.59 Å². The van der Waals surface area contributed by atoms with Crippen molar-refractivity contribution in [3.05, 3.63) is 29.3 Å². The second-order valence-electron chi connectivity index (χ2n) is 5.87. The molecule has 0 saturated heterocycles. The number of hydrogen-bond acceptors (Lipinski definition) is 5. The van der Waals surface area contributed by atoms with E-state index < -0.39 is 11.8 Å². The summed E-state index contributed by atoms with van der Waals surface area (Å²) in [4.78, 5) is 24.6. The van der Waals surface area contributed by atoms with Crippen LogP contribution in [0.3, 0.4) is 0 Å². The molecule has 116 valence electrons. The summed E-state index contributed by atoms with van der Waals surface area (Å²) >= 11 is 0. The highest BCUT2D eigenvalue weighted by atomic mass is 16.7. The predicted molar refractivity (Wildman–Crippen MR) is 80.0 cm³/mol. The molecule has 1 aliphatic heterocycles. The number of allylic oxidation sites excluding steroid dienone is 2. The molecular formula is C17H18O5. The van der Waals surface area contributed by atoms with Crippen LogP contribution in [0.2, 0.25) is 0 Å². The van der Waals surface area contributed by atoms with Gasteiger partial charge in [-0.2, -0.15) is 0 Å². The minimum atomic E-state index is -1.04. The van der Waals surface area contributed by atoms with Crippen LogP contribution in [0.4, 0.5) is 0 Å². The van der Waals surface area contributed by atoms with E-state index in [0.29, 0.717) is 34.6 Å². The Hall–Kier alpha value is -2.30. The summed E-state index contributed by atoms with van der Waals surface area (Å²) in [5.41, 5.74) is 1.36. The summed E-state index contributed by atoms with van der Waals surface area (Å²) in [5, 5.41) is 0. The maximum Gasteiger partial charge on any atom is 0.345 e. The van der Waals surface area contributed by atoms with Crippen molar-refractivity contribution >= 4 is 17.3 Å². The summed E-state index contributed by atoms with van der Waals surface area (Å²) in [7, 11) is 1.54. The van der Waals surface area contributed by atoms with Crippen molar-refractivity contribution in [3.8, 4) is 11.5 Å². The summed E-state index contributed by atoms with van der Waals surface area (Å²) in [6.07, 6.45) is 4.00. The van der Waals surface area contributed by atoms with Gasteiger partial charge in [0.25, 0.3) is 0 Å². The lowest BCUT2D eigenvalue weighted by molar-refractivity contribution is -0.127. The Bertz CT molecular complexity index is 685. The topological polar surface area (TPSA) is 61.8 Å². The fourth-order valence-corrected chi connectivity index (χ4v) is 2.79. The first-order valence-electron chi connectivity index (χ1n) is 7.29. The number of hydrogen-bond donors (Lipinski definition) is 0. The van der Waals surface area contributed by atoms with Crippen molar-refractivity contribution in [2.75, 3.05) is 7.11 Å². The van der Waals surface area contributed by atoms with E-state index in [2.05, 4.69) is 0 Å². The number of rotatable bonds is 2. The zero-order valence-corrected chi connectivity index (χ0v) is 12.9. The van der Waals surface area contributed by atoms with Gasteiger partial charge in [0.1, 0.15) is 17.1 Å². The van der Waals surface area contributed by atoms with E-state index in [1.807, 2.05) is 6.08 Å². The Kier molecular flexibility index (Phi) is 3.43. The van der Waals surface area contributed by atoms with Gasteiger partial charge in [-0.3, -0.25) is 4.79 Å². The fraction of sp³-hybridized carbons (Fsp3) is 0.412. The van der Waals surface area contributed by atoms with Gasteiger partial charge in [-0.05, 0) is 18.9 Å². The molecule has 0 atom stereocenters. The van der Waals surface area contributed by atoms with Crippen molar-refractivity contribution in [2.45, 2.75) is 38.9 Å². The number of benzene rings is 1. The van der Waals surface area contributed by atoms with Gasteiger partial charge in [0.05, 0.1) is 7.11 Å². The van der Waals surface area contributed by atoms with Crippen molar-refractivity contribution in [3.63, 3.8) is 0 Å². The zero-order valence-electron chi connectivity index (χ0n) is 12.9. The maximum absolute atomic E-state index is 12.4. The Morgan fingerprint density at radius 2 is 1.95 bits per heavy atom. The number of methoxy groups -OCH3 is 1. The molecule has 5 heteroatoms. The lowest BCUT2D eigenvalue weighted by Gasteiger charge is -2.33. The highest BCUT2D eigenvalue weighted by molar-refractivity contribution is 6.23. The average molecular weight is 302 g/mol. The molecule has 0 spiro atoms. The number of fused-ring (bicyclic) bond motifs is 1. The molecule has 22 heavy (non-hydrogen) atoms. The highest BCUT2D eigenvalue weighted by Crippen LogP contribution is 2.40. The summed E-state index contributed by atoms with van der Waals surface area (Å²) in [6, 6.07) is 3.34. The molecule has 1 aliphatic carbocycles. The third kappa shape index (κ3) is 2.47. The average Bonchev–Trinajstić information content (AvgIpc) is 2.45. The number of carbonyl (C=O) groups is 2. The molecule has 0 radical (unpaired) electrons. The van der Waals surface area contributed by atoms with Crippen LogP contribution in [-0.4, -0.2) is 24.6 Å². The summed E-state index contributed by atoms with van der Waals surface area (Å²) < 4.78 is 16.3. The van der Waals surface area contributed by atoms with Gasteiger partial charge in [-0.1, -0.05) is 6.08 Å². The second-order valence-corrected chi connectivity index (χ2v) is 5.87. The quantitative estimate of drug-likeness (QED) is 0.785. The lowest BCUT2D eigenvalue weighted by Crippen LogP contribution is -2.39. The zero-order chi connectivity index (χ0) is 15.9. The first kappa shape index (κ1) is 14.6. The largest absolute Gasteiger partial charge is 0.497 e. The van der Waals surface area contributed by atoms with E-state index >= 15 is 0 Å². The van der Waals surface area contributed by atoms with E-state index in [0.717, 1.165) is 12.8 Å². The van der Waals surface area contributed by atoms with Gasteiger partial charge in [0, 0.05) is 37.5 Å². The van der Waals surface area contributed by atoms with Crippen LogP contribution in [0.15, 0.2) is 18.2 Å². The van der Waals surface area contributed by atoms with Crippen LogP contribution in [0.5, 0.6) is 11.5 Å². The number of cyclic esters (lactones) is 1. The predicted octanol–water partition coefficient (Wildman–Crippen LogP) is 3.12. The van der Waals surface area contributed by atoms with Gasteiger partial charge in [0.15, 0.2) is 5.78 Å². The molecule has 1 aromatic carbocycles. The normalized spacial score (nSPS) is 19.7. The van der Waals surface area contributed by atoms with Gasteiger partial charge < -0.3 is 14.2 Å². The molecule has 0 N–H and O–H groups in total. The number of Topliss-reactive ketones (excluding diaryl/α,β-unsaturated/α-hetero) is 1. The van der Waals surface area contributed by atoms with Crippen LogP contribution in [0.1, 0.15) is 49.0 Å². The van der Waals surface area contributed by atoms with Gasteiger partial charge in [0.2, 0.25) is 5.79 Å². The van der Waals surface area contributed by atoms with E-state index in [-0.39, 0.29) is 5.78 Å². The number of esters is 1. The van der Waals surface area contributed by atoms with E-state index in [4.69, 9.17) is 14.2 Å². The molecule has 3 rings (SSSR count). The van der Waals surface area contributed by atoms with Crippen LogP contribution in [-0.2, 0) is 9.53 Å². The van der Waals surface area contributed by atoms with Crippen molar-refractivity contribution in [1.29, 1.82) is 0 Å². The molecule has 0 amide bonds. The molecule has 0 bridgehead atoms. The molecular weight excluding hydrogens is 284 g/mol. The monoisotopic (exact) mass is 302 g/mol. The fourth-order valence-electron chi connectivity index (χ4n) is 2.79. The number of ether oxygens (including phenoxy) is 3. The molecule has 0 aromatic heterocycles. The molecule has 0 saturated carbocycles. The summed E-state index contributed by atoms with van der Waals surface area (Å²) in [6.45, 7) is 3.33. The molecule has 0 unspecified atom stereocenters. The lowest BCUT2D eigenvalue weighted by atomic mass is 9.89. The SMILES string of the molecule is COc1cc2c(c(C3=CCCCC3=O)c1)C(=O)OC(C)(C)O2. The first-order valence-corrected chi connectivity index (χ1v) is 7.29. The first-order chi connectivity index (χ1) is 10.4. The highest BCUT2D eigenvalue weighted by Gasteiger charge is 2.37. The Labute approximate surface area is 128 Å². The smallest absolute Gasteiger partial charge is 0.345 e. The van der Waals surface area contributed by atoms with Crippen LogP contribution < -0.4 is 9.47 Å². The summed E-state index contributed by atoms with van der Waals surface area (Å²) in [5.74, 6) is -0.575. The number of carbonyl (C=O) groups excluding carboxylic acids is 2. The van der Waals surface area contributed by atoms with Crippen LogP contribution in [0.25, 0.3) is 5.57 Å². The van der Waals surface area contributed by atoms with Crippen molar-refractivity contribution in [2.24, 2.45) is 0 Å².